The van der Waals surface area contributed by atoms with E-state index in [4.69, 9.17) is 4.74 Å². The van der Waals surface area contributed by atoms with Crippen molar-refractivity contribution in [2.24, 2.45) is 0 Å². The van der Waals surface area contributed by atoms with Crippen LogP contribution < -0.4 is 10.3 Å². The van der Waals surface area contributed by atoms with E-state index < -0.39 is 0 Å². The Morgan fingerprint density at radius 1 is 1.14 bits per heavy atom. The minimum atomic E-state index is -0.267. The number of carbonyl (C=O) groups is 1. The van der Waals surface area contributed by atoms with Gasteiger partial charge in [0, 0.05) is 5.56 Å². The van der Waals surface area contributed by atoms with Gasteiger partial charge in [-0.05, 0) is 43.7 Å². The largest absolute Gasteiger partial charge is 0.437 e. The van der Waals surface area contributed by atoms with Gasteiger partial charge >= 0.3 is 0 Å². The Morgan fingerprint density at radius 2 is 1.86 bits per heavy atom. The normalized spacial score (nSPS) is 10.6. The lowest BCUT2D eigenvalue weighted by molar-refractivity contribution is 0.101. The van der Waals surface area contributed by atoms with Crippen molar-refractivity contribution >= 4 is 16.6 Å². The van der Waals surface area contributed by atoms with Crippen molar-refractivity contribution in [1.82, 2.24) is 10.2 Å². The molecule has 0 radical (unpaired) electrons. The first-order chi connectivity index (χ1) is 10.6. The lowest BCUT2D eigenvalue weighted by Crippen LogP contribution is -2.09. The van der Waals surface area contributed by atoms with Gasteiger partial charge in [-0.2, -0.15) is 0 Å². The zero-order chi connectivity index (χ0) is 15.7. The van der Waals surface area contributed by atoms with Gasteiger partial charge in [0.25, 0.3) is 5.56 Å². The molecule has 0 spiro atoms. The Balaban J connectivity index is 2.08. The average Bonchev–Trinajstić information content (AvgIpc) is 2.52. The standard InChI is InChI=1S/C17H14N2O3/c1-10-7-8-12(9-15(10)11(2)20)22-17-14-6-4-3-5-13(14)16(21)18-19-17/h3-9H,1-2H3,(H,18,21). The maximum Gasteiger partial charge on any atom is 0.272 e. The predicted octanol–water partition coefficient (Wildman–Crippen LogP) is 3.23. The number of Topliss-reactive ketones (excluding diaryl/α,β-unsaturated/α-hetero) is 1. The second-order valence-electron chi connectivity index (χ2n) is 5.04. The predicted molar refractivity (Wildman–Crippen MR) is 83.6 cm³/mol. The second kappa shape index (κ2) is 5.44. The van der Waals surface area contributed by atoms with Crippen LogP contribution in [0.15, 0.2) is 47.3 Å². The van der Waals surface area contributed by atoms with E-state index in [0.717, 1.165) is 5.56 Å². The SMILES string of the molecule is CC(=O)c1cc(Oc2n[nH]c(=O)c3ccccc23)ccc1C. The highest BCUT2D eigenvalue weighted by molar-refractivity contribution is 5.96. The molecular formula is C17H14N2O3. The van der Waals surface area contributed by atoms with Gasteiger partial charge in [-0.1, -0.05) is 18.2 Å². The molecule has 0 bridgehead atoms. The number of rotatable bonds is 3. The van der Waals surface area contributed by atoms with Crippen LogP contribution in [0.1, 0.15) is 22.8 Å². The maximum absolute atomic E-state index is 11.8. The highest BCUT2D eigenvalue weighted by Crippen LogP contribution is 2.27. The quantitative estimate of drug-likeness (QED) is 0.753. The summed E-state index contributed by atoms with van der Waals surface area (Å²) in [6, 6.07) is 12.3. The van der Waals surface area contributed by atoms with E-state index in [0.29, 0.717) is 28.0 Å². The van der Waals surface area contributed by atoms with Crippen LogP contribution >= 0.6 is 0 Å². The lowest BCUT2D eigenvalue weighted by atomic mass is 10.1. The van der Waals surface area contributed by atoms with Gasteiger partial charge in [0.05, 0.1) is 10.8 Å². The molecule has 1 N–H and O–H groups in total. The molecule has 0 fully saturated rings. The molecule has 2 aromatic carbocycles. The Morgan fingerprint density at radius 3 is 2.59 bits per heavy atom. The molecule has 0 aliphatic rings. The summed E-state index contributed by atoms with van der Waals surface area (Å²) < 4.78 is 5.76. The Kier molecular flexibility index (Phi) is 3.47. The molecular weight excluding hydrogens is 280 g/mol. The summed E-state index contributed by atoms with van der Waals surface area (Å²) >= 11 is 0. The Hall–Kier alpha value is -2.95. The Bertz CT molecular complexity index is 929. The Labute approximate surface area is 126 Å². The van der Waals surface area contributed by atoms with Gasteiger partial charge in [-0.3, -0.25) is 9.59 Å². The van der Waals surface area contributed by atoms with Crippen LogP contribution in [-0.2, 0) is 0 Å². The van der Waals surface area contributed by atoms with Crippen molar-refractivity contribution in [2.75, 3.05) is 0 Å². The van der Waals surface area contributed by atoms with Gasteiger partial charge in [0.2, 0.25) is 5.88 Å². The van der Waals surface area contributed by atoms with Crippen LogP contribution in [0.5, 0.6) is 11.6 Å². The zero-order valence-electron chi connectivity index (χ0n) is 12.2. The fourth-order valence-electron chi connectivity index (χ4n) is 2.32. The first-order valence-corrected chi connectivity index (χ1v) is 6.83. The van der Waals surface area contributed by atoms with Crippen LogP contribution in [-0.4, -0.2) is 16.0 Å². The molecule has 5 heteroatoms. The molecule has 3 rings (SSSR count). The van der Waals surface area contributed by atoms with Crippen molar-refractivity contribution in [3.63, 3.8) is 0 Å². The zero-order valence-corrected chi connectivity index (χ0v) is 12.2. The monoisotopic (exact) mass is 294 g/mol. The number of fused-ring (bicyclic) bond motifs is 1. The van der Waals surface area contributed by atoms with Crippen molar-refractivity contribution < 1.29 is 9.53 Å². The van der Waals surface area contributed by atoms with Gasteiger partial charge in [0.15, 0.2) is 5.78 Å². The number of ether oxygens (including phenoxy) is 1. The number of nitrogens with zero attached hydrogens (tertiary/aromatic N) is 1. The van der Waals surface area contributed by atoms with E-state index in [1.165, 1.54) is 6.92 Å². The van der Waals surface area contributed by atoms with Crippen LogP contribution in [0, 0.1) is 6.92 Å². The number of aromatic nitrogens is 2. The van der Waals surface area contributed by atoms with Gasteiger partial charge in [-0.25, -0.2) is 5.10 Å². The second-order valence-corrected chi connectivity index (χ2v) is 5.04. The molecule has 0 saturated heterocycles. The van der Waals surface area contributed by atoms with Gasteiger partial charge in [-0.15, -0.1) is 5.10 Å². The highest BCUT2D eigenvalue weighted by Gasteiger charge is 2.10. The molecule has 0 atom stereocenters. The topological polar surface area (TPSA) is 72.0 Å². The number of carbonyl (C=O) groups excluding carboxylic acids is 1. The molecule has 0 aliphatic heterocycles. The molecule has 0 amide bonds. The number of ketones is 1. The van der Waals surface area contributed by atoms with Gasteiger partial charge < -0.3 is 4.74 Å². The summed E-state index contributed by atoms with van der Waals surface area (Å²) in [5.41, 5.74) is 1.22. The van der Waals surface area contributed by atoms with Crippen molar-refractivity contribution in [2.45, 2.75) is 13.8 Å². The third-order valence-corrected chi connectivity index (χ3v) is 3.46. The van der Waals surface area contributed by atoms with Crippen LogP contribution in [0.3, 0.4) is 0 Å². The summed E-state index contributed by atoms with van der Waals surface area (Å²) in [5, 5.41) is 7.50. The van der Waals surface area contributed by atoms with Crippen molar-refractivity contribution in [3.8, 4) is 11.6 Å². The fourth-order valence-corrected chi connectivity index (χ4v) is 2.32. The summed E-state index contributed by atoms with van der Waals surface area (Å²) in [5.74, 6) is 0.774. The lowest BCUT2D eigenvalue weighted by Gasteiger charge is -2.09. The van der Waals surface area contributed by atoms with Gasteiger partial charge in [0.1, 0.15) is 5.75 Å². The van der Waals surface area contributed by atoms with E-state index in [1.54, 1.807) is 30.3 Å². The van der Waals surface area contributed by atoms with Crippen molar-refractivity contribution in [1.29, 1.82) is 0 Å². The molecule has 0 aliphatic carbocycles. The summed E-state index contributed by atoms with van der Waals surface area (Å²) in [6.07, 6.45) is 0. The number of hydrogen-bond donors (Lipinski definition) is 1. The summed E-state index contributed by atoms with van der Waals surface area (Å²) in [6.45, 7) is 3.38. The minimum absolute atomic E-state index is 0.0257. The number of H-pyrrole nitrogens is 1. The van der Waals surface area contributed by atoms with E-state index in [9.17, 15) is 9.59 Å². The van der Waals surface area contributed by atoms with Crippen LogP contribution in [0.2, 0.25) is 0 Å². The summed E-state index contributed by atoms with van der Waals surface area (Å²) in [7, 11) is 0. The molecule has 1 aromatic heterocycles. The summed E-state index contributed by atoms with van der Waals surface area (Å²) in [4.78, 5) is 23.4. The minimum Gasteiger partial charge on any atom is -0.437 e. The third-order valence-electron chi connectivity index (χ3n) is 3.46. The van der Waals surface area contributed by atoms with E-state index in [2.05, 4.69) is 10.2 Å². The van der Waals surface area contributed by atoms with Crippen molar-refractivity contribution in [3.05, 3.63) is 63.9 Å². The number of hydrogen-bond acceptors (Lipinski definition) is 4. The van der Waals surface area contributed by atoms with Crippen LogP contribution in [0.25, 0.3) is 10.8 Å². The smallest absolute Gasteiger partial charge is 0.272 e. The molecule has 0 unspecified atom stereocenters. The molecule has 1 heterocycles. The van der Waals surface area contributed by atoms with E-state index in [-0.39, 0.29) is 11.3 Å². The third kappa shape index (κ3) is 2.48. The van der Waals surface area contributed by atoms with Crippen LogP contribution in [0.4, 0.5) is 0 Å². The van der Waals surface area contributed by atoms with E-state index in [1.807, 2.05) is 19.1 Å². The first kappa shape index (κ1) is 14.0. The van der Waals surface area contributed by atoms with E-state index >= 15 is 0 Å². The molecule has 5 nitrogen and oxygen atoms in total. The number of benzene rings is 2. The first-order valence-electron chi connectivity index (χ1n) is 6.83. The molecule has 110 valence electrons. The molecule has 0 saturated carbocycles. The number of aryl methyl sites for hydroxylation is 1. The fraction of sp³-hybridized carbons (Fsp3) is 0.118. The maximum atomic E-state index is 11.8. The number of nitrogens with one attached hydrogen (secondary N) is 1. The highest BCUT2D eigenvalue weighted by atomic mass is 16.5. The average molecular weight is 294 g/mol. The molecule has 22 heavy (non-hydrogen) atoms. The molecule has 3 aromatic rings. The number of aromatic amines is 1.